The van der Waals surface area contributed by atoms with E-state index in [9.17, 15) is 10.2 Å². The molecule has 0 saturated heterocycles. The Bertz CT molecular complexity index is 319. The molecule has 0 saturated carbocycles. The highest BCUT2D eigenvalue weighted by Crippen LogP contribution is 2.31. The second-order valence-corrected chi connectivity index (χ2v) is 5.92. The molecular weight excluding hydrogens is 222 g/mol. The van der Waals surface area contributed by atoms with Gasteiger partial charge in [0.25, 0.3) is 0 Å². The van der Waals surface area contributed by atoms with Crippen molar-refractivity contribution in [1.29, 1.82) is 0 Å². The predicted molar refractivity (Wildman–Crippen MR) is 66.6 cm³/mol. The Labute approximate surface area is 101 Å². The third-order valence-electron chi connectivity index (χ3n) is 2.70. The lowest BCUT2D eigenvalue weighted by atomic mass is 9.79. The average molecular weight is 243 g/mol. The number of rotatable bonds is 6. The van der Waals surface area contributed by atoms with Crippen molar-refractivity contribution in [3.63, 3.8) is 0 Å². The summed E-state index contributed by atoms with van der Waals surface area (Å²) >= 11 is 1.60. The van der Waals surface area contributed by atoms with Crippen LogP contribution in [-0.2, 0) is 6.42 Å². The number of aromatic nitrogens is 1. The Morgan fingerprint density at radius 1 is 1.38 bits per heavy atom. The first-order valence-electron chi connectivity index (χ1n) is 5.64. The van der Waals surface area contributed by atoms with E-state index in [0.29, 0.717) is 12.3 Å². The third kappa shape index (κ3) is 3.54. The highest BCUT2D eigenvalue weighted by molar-refractivity contribution is 7.09. The summed E-state index contributed by atoms with van der Waals surface area (Å²) in [7, 11) is 0. The monoisotopic (exact) mass is 243 g/mol. The van der Waals surface area contributed by atoms with Crippen LogP contribution in [0.25, 0.3) is 0 Å². The van der Waals surface area contributed by atoms with Crippen LogP contribution in [0, 0.1) is 18.3 Å². The molecule has 4 heteroatoms. The molecule has 1 rings (SSSR count). The summed E-state index contributed by atoms with van der Waals surface area (Å²) in [6.45, 7) is 6.20. The van der Waals surface area contributed by atoms with Crippen molar-refractivity contribution in [2.75, 3.05) is 13.2 Å². The van der Waals surface area contributed by atoms with E-state index in [1.165, 1.54) is 0 Å². The van der Waals surface area contributed by atoms with Crippen molar-refractivity contribution in [3.05, 3.63) is 16.1 Å². The Morgan fingerprint density at radius 3 is 2.38 bits per heavy atom. The first kappa shape index (κ1) is 13.6. The smallest absolute Gasteiger partial charge is 0.0935 e. The molecule has 0 atom stereocenters. The van der Waals surface area contributed by atoms with Gasteiger partial charge in [-0.3, -0.25) is 0 Å². The van der Waals surface area contributed by atoms with Gasteiger partial charge in [0.2, 0.25) is 0 Å². The standard InChI is InChI=1S/C12H21NO2S/c1-9(2)4-12(7-14,8-15)5-11-13-10(3)6-16-11/h6,9,14-15H,4-5,7-8H2,1-3H3. The molecular formula is C12H21NO2S. The summed E-state index contributed by atoms with van der Waals surface area (Å²) in [5.41, 5.74) is 0.590. The molecule has 0 spiro atoms. The van der Waals surface area contributed by atoms with Gasteiger partial charge in [-0.2, -0.15) is 0 Å². The zero-order chi connectivity index (χ0) is 12.2. The molecule has 0 fully saturated rings. The largest absolute Gasteiger partial charge is 0.396 e. The molecule has 0 unspecified atom stereocenters. The molecule has 0 aliphatic carbocycles. The number of nitrogens with zero attached hydrogens (tertiary/aromatic N) is 1. The highest BCUT2D eigenvalue weighted by Gasteiger charge is 2.31. The van der Waals surface area contributed by atoms with E-state index < -0.39 is 5.41 Å². The number of aliphatic hydroxyl groups is 2. The van der Waals surface area contributed by atoms with Crippen LogP contribution < -0.4 is 0 Å². The van der Waals surface area contributed by atoms with Crippen LogP contribution in [0.15, 0.2) is 5.38 Å². The molecule has 2 N–H and O–H groups in total. The maximum absolute atomic E-state index is 9.51. The maximum atomic E-state index is 9.51. The van der Waals surface area contributed by atoms with E-state index >= 15 is 0 Å². The molecule has 16 heavy (non-hydrogen) atoms. The Balaban J connectivity index is 2.77. The molecule has 0 aliphatic heterocycles. The maximum Gasteiger partial charge on any atom is 0.0935 e. The molecule has 92 valence electrons. The van der Waals surface area contributed by atoms with Crippen molar-refractivity contribution < 1.29 is 10.2 Å². The van der Waals surface area contributed by atoms with E-state index in [1.807, 2.05) is 12.3 Å². The first-order valence-corrected chi connectivity index (χ1v) is 6.52. The second kappa shape index (κ2) is 5.75. The number of aliphatic hydroxyl groups excluding tert-OH is 2. The van der Waals surface area contributed by atoms with Gasteiger partial charge >= 0.3 is 0 Å². The third-order valence-corrected chi connectivity index (χ3v) is 3.67. The summed E-state index contributed by atoms with van der Waals surface area (Å²) in [6, 6.07) is 0. The topological polar surface area (TPSA) is 53.4 Å². The molecule has 0 radical (unpaired) electrons. The van der Waals surface area contributed by atoms with Gasteiger partial charge in [0, 0.05) is 22.9 Å². The lowest BCUT2D eigenvalue weighted by Crippen LogP contribution is -2.34. The fraction of sp³-hybridized carbons (Fsp3) is 0.750. The average Bonchev–Trinajstić information content (AvgIpc) is 2.62. The summed E-state index contributed by atoms with van der Waals surface area (Å²) < 4.78 is 0. The number of hydrogen-bond donors (Lipinski definition) is 2. The lowest BCUT2D eigenvalue weighted by Gasteiger charge is -2.30. The zero-order valence-electron chi connectivity index (χ0n) is 10.2. The molecule has 1 aromatic heterocycles. The molecule has 0 amide bonds. The quantitative estimate of drug-likeness (QED) is 0.803. The summed E-state index contributed by atoms with van der Waals surface area (Å²) in [6.07, 6.45) is 1.48. The van der Waals surface area contributed by atoms with E-state index in [1.54, 1.807) is 11.3 Å². The lowest BCUT2D eigenvalue weighted by molar-refractivity contribution is 0.0369. The SMILES string of the molecule is Cc1csc(CC(CO)(CO)CC(C)C)n1. The van der Waals surface area contributed by atoms with Gasteiger partial charge in [-0.15, -0.1) is 11.3 Å². The van der Waals surface area contributed by atoms with Crippen LogP contribution in [0.4, 0.5) is 0 Å². The minimum atomic E-state index is -0.418. The zero-order valence-corrected chi connectivity index (χ0v) is 11.0. The van der Waals surface area contributed by atoms with Gasteiger partial charge in [0.1, 0.15) is 0 Å². The first-order chi connectivity index (χ1) is 7.51. The summed E-state index contributed by atoms with van der Waals surface area (Å²) in [5.74, 6) is 0.459. The van der Waals surface area contributed by atoms with Crippen LogP contribution in [0.5, 0.6) is 0 Å². The van der Waals surface area contributed by atoms with Crippen molar-refractivity contribution in [3.8, 4) is 0 Å². The van der Waals surface area contributed by atoms with E-state index in [-0.39, 0.29) is 13.2 Å². The van der Waals surface area contributed by atoms with Gasteiger partial charge in [-0.1, -0.05) is 13.8 Å². The van der Waals surface area contributed by atoms with Crippen molar-refractivity contribution in [2.45, 2.75) is 33.6 Å². The Morgan fingerprint density at radius 2 is 2.00 bits per heavy atom. The van der Waals surface area contributed by atoms with Crippen LogP contribution in [0.3, 0.4) is 0 Å². The van der Waals surface area contributed by atoms with Gasteiger partial charge in [-0.25, -0.2) is 4.98 Å². The molecule has 1 aromatic rings. The normalized spacial score (nSPS) is 12.4. The number of hydrogen-bond acceptors (Lipinski definition) is 4. The van der Waals surface area contributed by atoms with Crippen molar-refractivity contribution in [1.82, 2.24) is 4.98 Å². The molecule has 3 nitrogen and oxygen atoms in total. The van der Waals surface area contributed by atoms with E-state index in [2.05, 4.69) is 18.8 Å². The van der Waals surface area contributed by atoms with Crippen molar-refractivity contribution >= 4 is 11.3 Å². The van der Waals surface area contributed by atoms with Gasteiger partial charge < -0.3 is 10.2 Å². The predicted octanol–water partition coefficient (Wildman–Crippen LogP) is 2.01. The molecule has 1 heterocycles. The van der Waals surface area contributed by atoms with Gasteiger partial charge in [0.15, 0.2) is 0 Å². The fourth-order valence-corrected chi connectivity index (χ4v) is 2.98. The fourth-order valence-electron chi connectivity index (χ4n) is 2.03. The van der Waals surface area contributed by atoms with Crippen LogP contribution in [0.2, 0.25) is 0 Å². The summed E-state index contributed by atoms with van der Waals surface area (Å²) in [4.78, 5) is 4.40. The van der Waals surface area contributed by atoms with Gasteiger partial charge in [0.05, 0.1) is 18.2 Å². The van der Waals surface area contributed by atoms with Crippen LogP contribution in [-0.4, -0.2) is 28.4 Å². The number of aryl methyl sites for hydroxylation is 1. The molecule has 0 bridgehead atoms. The van der Waals surface area contributed by atoms with Crippen LogP contribution >= 0.6 is 11.3 Å². The van der Waals surface area contributed by atoms with Gasteiger partial charge in [-0.05, 0) is 19.3 Å². The van der Waals surface area contributed by atoms with E-state index in [0.717, 1.165) is 17.1 Å². The Hall–Kier alpha value is -0.450. The number of thiazole rings is 1. The van der Waals surface area contributed by atoms with Crippen LogP contribution in [0.1, 0.15) is 31.0 Å². The second-order valence-electron chi connectivity index (χ2n) is 4.97. The Kier molecular flexibility index (Phi) is 4.89. The van der Waals surface area contributed by atoms with E-state index in [4.69, 9.17) is 0 Å². The minimum Gasteiger partial charge on any atom is -0.396 e. The molecule has 0 aromatic carbocycles. The minimum absolute atomic E-state index is 0.0142. The summed E-state index contributed by atoms with van der Waals surface area (Å²) in [5, 5.41) is 22.0. The molecule has 0 aliphatic rings. The highest BCUT2D eigenvalue weighted by atomic mass is 32.1. The van der Waals surface area contributed by atoms with Crippen molar-refractivity contribution in [2.24, 2.45) is 11.3 Å².